The highest BCUT2D eigenvalue weighted by atomic mass is 16.5. The van der Waals surface area contributed by atoms with Crippen molar-refractivity contribution in [3.63, 3.8) is 0 Å². The summed E-state index contributed by atoms with van der Waals surface area (Å²) >= 11 is 0. The summed E-state index contributed by atoms with van der Waals surface area (Å²) in [7, 11) is 1.65. The zero-order chi connectivity index (χ0) is 20.1. The van der Waals surface area contributed by atoms with Crippen LogP contribution in [0.2, 0.25) is 0 Å². The van der Waals surface area contributed by atoms with Gasteiger partial charge in [-0.05, 0) is 50.1 Å². The molecule has 2 aromatic carbocycles. The zero-order valence-electron chi connectivity index (χ0n) is 16.9. The SMILES string of the molecule is CCC(NC(=O)Cc1c(C)nn(-c2ccccc2)c1C)c1ccc(OC)cc1. The smallest absolute Gasteiger partial charge is 0.225 e. The first-order valence-electron chi connectivity index (χ1n) is 9.57. The molecule has 0 aliphatic rings. The topological polar surface area (TPSA) is 56.2 Å². The molecule has 0 saturated carbocycles. The Morgan fingerprint density at radius 2 is 1.79 bits per heavy atom. The molecule has 0 bridgehead atoms. The molecule has 3 rings (SSSR count). The Kier molecular flexibility index (Phi) is 6.14. The van der Waals surface area contributed by atoms with Gasteiger partial charge >= 0.3 is 0 Å². The third kappa shape index (κ3) is 4.25. The van der Waals surface area contributed by atoms with E-state index in [0.29, 0.717) is 6.42 Å². The number of hydrogen-bond acceptors (Lipinski definition) is 3. The minimum atomic E-state index is -0.0248. The molecule has 1 atom stereocenters. The van der Waals surface area contributed by atoms with Crippen molar-refractivity contribution in [1.29, 1.82) is 0 Å². The van der Waals surface area contributed by atoms with E-state index in [1.54, 1.807) is 7.11 Å². The maximum Gasteiger partial charge on any atom is 0.225 e. The number of aryl methyl sites for hydroxylation is 1. The first-order valence-corrected chi connectivity index (χ1v) is 9.57. The molecule has 0 aliphatic carbocycles. The lowest BCUT2D eigenvalue weighted by atomic mass is 10.0. The number of benzene rings is 2. The van der Waals surface area contributed by atoms with Gasteiger partial charge in [0.1, 0.15) is 5.75 Å². The van der Waals surface area contributed by atoms with Crippen molar-refractivity contribution in [3.8, 4) is 11.4 Å². The van der Waals surface area contributed by atoms with E-state index in [1.807, 2.05) is 73.1 Å². The molecular weight excluding hydrogens is 350 g/mol. The molecule has 3 aromatic rings. The maximum absolute atomic E-state index is 12.8. The lowest BCUT2D eigenvalue weighted by Crippen LogP contribution is -2.29. The van der Waals surface area contributed by atoms with E-state index in [1.165, 1.54) is 0 Å². The van der Waals surface area contributed by atoms with E-state index < -0.39 is 0 Å². The predicted octanol–water partition coefficient (Wildman–Crippen LogP) is 4.31. The summed E-state index contributed by atoms with van der Waals surface area (Å²) in [5, 5.41) is 7.79. The van der Waals surface area contributed by atoms with Gasteiger partial charge < -0.3 is 10.1 Å². The number of nitrogens with zero attached hydrogens (tertiary/aromatic N) is 2. The Morgan fingerprint density at radius 1 is 1.11 bits per heavy atom. The first kappa shape index (κ1) is 19.7. The van der Waals surface area contributed by atoms with Gasteiger partial charge in [0.2, 0.25) is 5.91 Å². The Hall–Kier alpha value is -3.08. The highest BCUT2D eigenvalue weighted by molar-refractivity contribution is 5.79. The maximum atomic E-state index is 12.8. The van der Waals surface area contributed by atoms with Crippen LogP contribution in [0.4, 0.5) is 0 Å². The van der Waals surface area contributed by atoms with Gasteiger partial charge in [-0.25, -0.2) is 4.68 Å². The van der Waals surface area contributed by atoms with Gasteiger partial charge in [-0.15, -0.1) is 0 Å². The van der Waals surface area contributed by atoms with Gasteiger partial charge in [0, 0.05) is 11.3 Å². The Labute approximate surface area is 166 Å². The molecule has 1 N–H and O–H groups in total. The molecule has 0 saturated heterocycles. The fourth-order valence-electron chi connectivity index (χ4n) is 3.41. The van der Waals surface area contributed by atoms with E-state index in [9.17, 15) is 4.79 Å². The molecule has 1 aromatic heterocycles. The van der Waals surface area contributed by atoms with Crippen LogP contribution in [0.15, 0.2) is 54.6 Å². The second-order valence-corrected chi connectivity index (χ2v) is 6.88. The van der Waals surface area contributed by atoms with Crippen LogP contribution >= 0.6 is 0 Å². The van der Waals surface area contributed by atoms with Crippen molar-refractivity contribution in [2.75, 3.05) is 7.11 Å². The number of ether oxygens (including phenoxy) is 1. The number of hydrogen-bond donors (Lipinski definition) is 1. The Balaban J connectivity index is 1.74. The van der Waals surface area contributed by atoms with Gasteiger partial charge in [-0.2, -0.15) is 5.10 Å². The number of nitrogens with one attached hydrogen (secondary N) is 1. The normalized spacial score (nSPS) is 11.9. The third-order valence-electron chi connectivity index (χ3n) is 5.04. The van der Waals surface area contributed by atoms with Gasteiger partial charge in [0.05, 0.1) is 31.0 Å². The largest absolute Gasteiger partial charge is 0.497 e. The van der Waals surface area contributed by atoms with Crippen molar-refractivity contribution < 1.29 is 9.53 Å². The average Bonchev–Trinajstić information content (AvgIpc) is 3.01. The molecule has 0 fully saturated rings. The third-order valence-corrected chi connectivity index (χ3v) is 5.04. The summed E-state index contributed by atoms with van der Waals surface area (Å²) in [6.07, 6.45) is 1.14. The second-order valence-electron chi connectivity index (χ2n) is 6.88. The van der Waals surface area contributed by atoms with Crippen molar-refractivity contribution in [3.05, 3.63) is 77.1 Å². The molecule has 0 spiro atoms. The van der Waals surface area contributed by atoms with Gasteiger partial charge in [-0.3, -0.25) is 4.79 Å². The number of para-hydroxylation sites is 1. The van der Waals surface area contributed by atoms with Crippen LogP contribution in [0.3, 0.4) is 0 Å². The van der Waals surface area contributed by atoms with Crippen molar-refractivity contribution in [1.82, 2.24) is 15.1 Å². The summed E-state index contributed by atoms with van der Waals surface area (Å²) in [6, 6.07) is 17.8. The molecular formula is C23H27N3O2. The average molecular weight is 377 g/mol. The van der Waals surface area contributed by atoms with Crippen LogP contribution in [-0.4, -0.2) is 22.8 Å². The van der Waals surface area contributed by atoms with E-state index >= 15 is 0 Å². The summed E-state index contributed by atoms with van der Waals surface area (Å²) in [4.78, 5) is 12.8. The molecule has 1 amide bonds. The number of carbonyl (C=O) groups is 1. The summed E-state index contributed by atoms with van der Waals surface area (Å²) in [5.74, 6) is 0.811. The monoisotopic (exact) mass is 377 g/mol. The lowest BCUT2D eigenvalue weighted by molar-refractivity contribution is -0.121. The molecule has 146 valence electrons. The highest BCUT2D eigenvalue weighted by Crippen LogP contribution is 2.22. The fraction of sp³-hybridized carbons (Fsp3) is 0.304. The molecule has 1 unspecified atom stereocenters. The van der Waals surface area contributed by atoms with Gasteiger partial charge in [0.25, 0.3) is 0 Å². The Bertz CT molecular complexity index is 930. The highest BCUT2D eigenvalue weighted by Gasteiger charge is 2.18. The predicted molar refractivity (Wildman–Crippen MR) is 111 cm³/mol. The number of methoxy groups -OCH3 is 1. The quantitative estimate of drug-likeness (QED) is 0.668. The van der Waals surface area contributed by atoms with E-state index in [-0.39, 0.29) is 11.9 Å². The number of rotatable bonds is 7. The zero-order valence-corrected chi connectivity index (χ0v) is 16.9. The van der Waals surface area contributed by atoms with Crippen molar-refractivity contribution in [2.45, 2.75) is 39.7 Å². The van der Waals surface area contributed by atoms with Crippen LogP contribution < -0.4 is 10.1 Å². The summed E-state index contributed by atoms with van der Waals surface area (Å²) < 4.78 is 7.11. The molecule has 5 nitrogen and oxygen atoms in total. The second kappa shape index (κ2) is 8.74. The number of amides is 1. The van der Waals surface area contributed by atoms with Crippen LogP contribution in [0.1, 0.15) is 41.9 Å². The fourth-order valence-corrected chi connectivity index (χ4v) is 3.41. The van der Waals surface area contributed by atoms with Gasteiger partial charge in [-0.1, -0.05) is 37.3 Å². The van der Waals surface area contributed by atoms with E-state index in [4.69, 9.17) is 4.74 Å². The minimum Gasteiger partial charge on any atom is -0.497 e. The molecule has 1 heterocycles. The first-order chi connectivity index (χ1) is 13.5. The van der Waals surface area contributed by atoms with E-state index in [0.717, 1.165) is 40.4 Å². The van der Waals surface area contributed by atoms with Gasteiger partial charge in [0.15, 0.2) is 0 Å². The number of aromatic nitrogens is 2. The summed E-state index contributed by atoms with van der Waals surface area (Å²) in [5.41, 5.74) is 4.93. The molecule has 5 heteroatoms. The molecule has 0 radical (unpaired) electrons. The standard InChI is InChI=1S/C23H27N3O2/c1-5-22(18-11-13-20(28-4)14-12-18)24-23(27)15-21-16(2)25-26(17(21)3)19-9-7-6-8-10-19/h6-14,22H,5,15H2,1-4H3,(H,24,27). The molecule has 0 aliphatic heterocycles. The van der Waals surface area contributed by atoms with Crippen LogP contribution in [0.25, 0.3) is 5.69 Å². The minimum absolute atomic E-state index is 0.00137. The van der Waals surface area contributed by atoms with Crippen LogP contribution in [0, 0.1) is 13.8 Å². The summed E-state index contributed by atoms with van der Waals surface area (Å²) in [6.45, 7) is 6.03. The lowest BCUT2D eigenvalue weighted by Gasteiger charge is -2.18. The van der Waals surface area contributed by atoms with E-state index in [2.05, 4.69) is 17.3 Å². The van der Waals surface area contributed by atoms with Crippen LogP contribution in [-0.2, 0) is 11.2 Å². The van der Waals surface area contributed by atoms with Crippen molar-refractivity contribution in [2.24, 2.45) is 0 Å². The number of carbonyl (C=O) groups excluding carboxylic acids is 1. The molecule has 28 heavy (non-hydrogen) atoms. The van der Waals surface area contributed by atoms with Crippen molar-refractivity contribution >= 4 is 5.91 Å². The van der Waals surface area contributed by atoms with Crippen LogP contribution in [0.5, 0.6) is 5.75 Å². The Morgan fingerprint density at radius 3 is 2.39 bits per heavy atom.